The normalized spacial score (nSPS) is 14.5. The fourth-order valence-electron chi connectivity index (χ4n) is 2.53. The molecule has 2 aromatic rings. The molecule has 0 aliphatic carbocycles. The highest BCUT2D eigenvalue weighted by Gasteiger charge is 2.30. The number of nitro benzene ring substituents is 1. The zero-order chi connectivity index (χ0) is 17.2. The molecule has 3 rings (SSSR count). The average molecular weight is 345 g/mol. The molecule has 124 valence electrons. The molecule has 1 heterocycles. The molecule has 0 aromatic heterocycles. The van der Waals surface area contributed by atoms with Gasteiger partial charge in [-0.15, -0.1) is 0 Å². The van der Waals surface area contributed by atoms with Gasteiger partial charge in [0.15, 0.2) is 0 Å². The first kappa shape index (κ1) is 16.1. The van der Waals surface area contributed by atoms with Crippen LogP contribution in [-0.2, 0) is 16.4 Å². The first-order valence-electron chi connectivity index (χ1n) is 7.33. The quantitative estimate of drug-likeness (QED) is 0.613. The minimum Gasteiger partial charge on any atom is -0.269 e. The van der Waals surface area contributed by atoms with Crippen LogP contribution in [0.2, 0.25) is 0 Å². The summed E-state index contributed by atoms with van der Waals surface area (Å²) in [5, 5.41) is 10.7. The number of nitrogens with zero attached hydrogens (tertiary/aromatic N) is 3. The maximum Gasteiger partial charge on any atom is 0.269 e. The number of benzene rings is 2. The topological polar surface area (TPSA) is 92.9 Å². The van der Waals surface area contributed by atoms with Gasteiger partial charge in [-0.2, -0.15) is 0 Å². The van der Waals surface area contributed by atoms with Crippen molar-refractivity contribution in [1.29, 1.82) is 0 Å². The molecule has 0 N–H and O–H groups in total. The first-order valence-corrected chi connectivity index (χ1v) is 8.77. The van der Waals surface area contributed by atoms with Crippen molar-refractivity contribution in [3.63, 3.8) is 0 Å². The van der Waals surface area contributed by atoms with Gasteiger partial charge in [0.05, 0.1) is 22.9 Å². The monoisotopic (exact) mass is 345 g/mol. The van der Waals surface area contributed by atoms with Crippen molar-refractivity contribution < 1.29 is 13.3 Å². The second-order valence-corrected chi connectivity index (χ2v) is 7.15. The number of hydrogen-bond donors (Lipinski definition) is 0. The van der Waals surface area contributed by atoms with Gasteiger partial charge >= 0.3 is 0 Å². The van der Waals surface area contributed by atoms with E-state index in [1.165, 1.54) is 28.6 Å². The fourth-order valence-corrected chi connectivity index (χ4v) is 3.98. The van der Waals surface area contributed by atoms with E-state index in [2.05, 4.69) is 4.99 Å². The van der Waals surface area contributed by atoms with Crippen molar-refractivity contribution in [3.8, 4) is 0 Å². The number of non-ortho nitro benzene ring substituents is 1. The molecule has 7 nitrogen and oxygen atoms in total. The Morgan fingerprint density at radius 1 is 1.08 bits per heavy atom. The predicted octanol–water partition coefficient (Wildman–Crippen LogP) is 2.24. The molecule has 0 saturated heterocycles. The highest BCUT2D eigenvalue weighted by atomic mass is 32.2. The molecular formula is C16H15N3O4S. The summed E-state index contributed by atoms with van der Waals surface area (Å²) < 4.78 is 26.9. The molecule has 0 atom stereocenters. The third-order valence-electron chi connectivity index (χ3n) is 3.73. The molecule has 0 saturated carbocycles. The predicted molar refractivity (Wildman–Crippen MR) is 89.4 cm³/mol. The summed E-state index contributed by atoms with van der Waals surface area (Å²) in [7, 11) is -3.77. The Balaban J connectivity index is 1.86. The van der Waals surface area contributed by atoms with Crippen LogP contribution in [0.1, 0.15) is 5.56 Å². The van der Waals surface area contributed by atoms with Crippen LogP contribution in [-0.4, -0.2) is 36.6 Å². The van der Waals surface area contributed by atoms with Crippen LogP contribution >= 0.6 is 0 Å². The minimum atomic E-state index is -3.77. The van der Waals surface area contributed by atoms with Crippen LogP contribution in [0.25, 0.3) is 0 Å². The van der Waals surface area contributed by atoms with Gasteiger partial charge in [0.1, 0.15) is 5.84 Å². The molecule has 8 heteroatoms. The van der Waals surface area contributed by atoms with Gasteiger partial charge < -0.3 is 0 Å². The zero-order valence-electron chi connectivity index (χ0n) is 12.7. The van der Waals surface area contributed by atoms with Crippen LogP contribution in [0.4, 0.5) is 5.69 Å². The number of nitro groups is 1. The van der Waals surface area contributed by atoms with Crippen LogP contribution in [0.5, 0.6) is 0 Å². The number of hydrogen-bond acceptors (Lipinski definition) is 5. The molecule has 2 aromatic carbocycles. The van der Waals surface area contributed by atoms with Crippen molar-refractivity contribution >= 4 is 21.5 Å². The molecule has 0 amide bonds. The second kappa shape index (κ2) is 6.40. The van der Waals surface area contributed by atoms with Crippen molar-refractivity contribution in [2.24, 2.45) is 4.99 Å². The summed E-state index contributed by atoms with van der Waals surface area (Å²) in [5.41, 5.74) is 0.829. The highest BCUT2D eigenvalue weighted by Crippen LogP contribution is 2.22. The van der Waals surface area contributed by atoms with E-state index in [1.54, 1.807) is 0 Å². The molecule has 24 heavy (non-hydrogen) atoms. The molecule has 0 unspecified atom stereocenters. The van der Waals surface area contributed by atoms with Crippen molar-refractivity contribution in [3.05, 3.63) is 70.3 Å². The molecule has 1 aliphatic rings. The Morgan fingerprint density at radius 3 is 2.38 bits per heavy atom. The Bertz CT molecular complexity index is 877. The van der Waals surface area contributed by atoms with E-state index in [-0.39, 0.29) is 17.1 Å². The number of rotatable bonds is 5. The summed E-state index contributed by atoms with van der Waals surface area (Å²) >= 11 is 0. The molecule has 0 radical (unpaired) electrons. The highest BCUT2D eigenvalue weighted by molar-refractivity contribution is 7.89. The molecule has 0 fully saturated rings. The van der Waals surface area contributed by atoms with Crippen LogP contribution in [0.3, 0.4) is 0 Å². The summed E-state index contributed by atoms with van der Waals surface area (Å²) in [4.78, 5) is 14.5. The van der Waals surface area contributed by atoms with E-state index in [9.17, 15) is 18.5 Å². The maximum atomic E-state index is 12.8. The van der Waals surface area contributed by atoms with Crippen LogP contribution < -0.4 is 0 Å². The van der Waals surface area contributed by atoms with E-state index in [0.717, 1.165) is 5.56 Å². The van der Waals surface area contributed by atoms with Crippen molar-refractivity contribution in [2.75, 3.05) is 13.1 Å². The van der Waals surface area contributed by atoms with Gasteiger partial charge in [-0.05, 0) is 17.7 Å². The average Bonchev–Trinajstić information content (AvgIpc) is 3.05. The number of aliphatic imine (C=N–C) groups is 1. The summed E-state index contributed by atoms with van der Waals surface area (Å²) in [6, 6.07) is 14.4. The van der Waals surface area contributed by atoms with Gasteiger partial charge in [-0.3, -0.25) is 19.4 Å². The van der Waals surface area contributed by atoms with Crippen molar-refractivity contribution in [2.45, 2.75) is 11.3 Å². The fraction of sp³-hybridized carbons (Fsp3) is 0.188. The third-order valence-corrected chi connectivity index (χ3v) is 5.57. The van der Waals surface area contributed by atoms with E-state index in [1.807, 2.05) is 30.3 Å². The molecule has 1 aliphatic heterocycles. The van der Waals surface area contributed by atoms with Gasteiger partial charge in [0.25, 0.3) is 15.7 Å². The summed E-state index contributed by atoms with van der Waals surface area (Å²) in [6.07, 6.45) is 0.424. The zero-order valence-corrected chi connectivity index (χ0v) is 13.5. The van der Waals surface area contributed by atoms with Crippen LogP contribution in [0, 0.1) is 10.1 Å². The Kier molecular flexibility index (Phi) is 4.30. The second-order valence-electron chi connectivity index (χ2n) is 5.29. The Hall–Kier alpha value is -2.74. The molecule has 0 bridgehead atoms. The Morgan fingerprint density at radius 2 is 1.75 bits per heavy atom. The van der Waals surface area contributed by atoms with Gasteiger partial charge in [0, 0.05) is 18.6 Å². The van der Waals surface area contributed by atoms with Gasteiger partial charge in [-0.1, -0.05) is 30.3 Å². The largest absolute Gasteiger partial charge is 0.269 e. The lowest BCUT2D eigenvalue weighted by molar-refractivity contribution is -0.384. The van der Waals surface area contributed by atoms with E-state index >= 15 is 0 Å². The first-order chi connectivity index (χ1) is 11.5. The van der Waals surface area contributed by atoms with Gasteiger partial charge in [0.2, 0.25) is 0 Å². The minimum absolute atomic E-state index is 0.0239. The van der Waals surface area contributed by atoms with Gasteiger partial charge in [-0.25, -0.2) is 8.42 Å². The maximum absolute atomic E-state index is 12.8. The van der Waals surface area contributed by atoms with E-state index in [4.69, 9.17) is 0 Å². The number of amidine groups is 1. The third kappa shape index (κ3) is 3.13. The SMILES string of the molecule is O=[N+]([O-])c1ccc(S(=O)(=O)N2CCN=C2Cc2ccccc2)cc1. The summed E-state index contributed by atoms with van der Waals surface area (Å²) in [6.45, 7) is 0.690. The Labute approximate surface area is 139 Å². The van der Waals surface area contributed by atoms with Crippen molar-refractivity contribution in [1.82, 2.24) is 4.31 Å². The lowest BCUT2D eigenvalue weighted by atomic mass is 10.1. The lowest BCUT2D eigenvalue weighted by Crippen LogP contribution is -2.35. The van der Waals surface area contributed by atoms with E-state index in [0.29, 0.717) is 18.8 Å². The smallest absolute Gasteiger partial charge is 0.269 e. The summed E-state index contributed by atoms with van der Waals surface area (Å²) in [5.74, 6) is 0.486. The lowest BCUT2D eigenvalue weighted by Gasteiger charge is -2.20. The standard InChI is InChI=1S/C16H15N3O4S/c20-19(21)14-6-8-15(9-7-14)24(22,23)18-11-10-17-16(18)12-13-4-2-1-3-5-13/h1-9H,10-12H2. The van der Waals surface area contributed by atoms with Crippen LogP contribution in [0.15, 0.2) is 64.5 Å². The van der Waals surface area contributed by atoms with E-state index < -0.39 is 14.9 Å². The molecule has 0 spiro atoms. The molecular weight excluding hydrogens is 330 g/mol. The number of sulfonamides is 1.